The van der Waals surface area contributed by atoms with Crippen molar-refractivity contribution in [1.82, 2.24) is 8.75 Å². The van der Waals surface area contributed by atoms with E-state index in [0.29, 0.717) is 11.8 Å². The predicted molar refractivity (Wildman–Crippen MR) is 199 cm³/mol. The lowest BCUT2D eigenvalue weighted by Gasteiger charge is -2.11. The standard InChI is InChI=1S/C40H38N2S3/c1-5-25(3)23-27-11-15-29(16-12-27)33-19-21-35(43-33)37-31-9-7-8-10-32(31)38(40-39(37)41-45-42-40)36-22-20-34(44-36)30-17-13-28(14-18-30)24-26(4)6-2/h7-22,25-26H,5-6,23-24H2,1-4H3. The molecular formula is C40H38N2S3. The normalized spacial score (nSPS) is 13.1. The van der Waals surface area contributed by atoms with Gasteiger partial charge >= 0.3 is 0 Å². The fourth-order valence-electron chi connectivity index (χ4n) is 6.15. The van der Waals surface area contributed by atoms with Crippen molar-refractivity contribution in [3.63, 3.8) is 0 Å². The molecular weight excluding hydrogens is 605 g/mol. The Bertz CT molecular complexity index is 1910. The van der Waals surface area contributed by atoms with E-state index in [-0.39, 0.29) is 0 Å². The van der Waals surface area contributed by atoms with Crippen molar-refractivity contribution in [2.75, 3.05) is 0 Å². The summed E-state index contributed by atoms with van der Waals surface area (Å²) in [6.07, 6.45) is 4.69. The first kappa shape index (κ1) is 30.0. The van der Waals surface area contributed by atoms with Crippen LogP contribution in [0.25, 0.3) is 63.6 Å². The SMILES string of the molecule is CCC(C)Cc1ccc(-c2ccc(-c3c4ccccc4c(-c4ccc(-c5ccc(CC(C)CC)cc5)s4)c4nsnc34)s2)cc1. The van der Waals surface area contributed by atoms with Gasteiger partial charge in [-0.3, -0.25) is 0 Å². The summed E-state index contributed by atoms with van der Waals surface area (Å²) in [6.45, 7) is 9.19. The van der Waals surface area contributed by atoms with Gasteiger partial charge in [-0.15, -0.1) is 22.7 Å². The Morgan fingerprint density at radius 1 is 0.511 bits per heavy atom. The summed E-state index contributed by atoms with van der Waals surface area (Å²) in [5, 5.41) is 2.46. The second kappa shape index (κ2) is 13.0. The first-order valence-electron chi connectivity index (χ1n) is 16.1. The summed E-state index contributed by atoms with van der Waals surface area (Å²) < 4.78 is 9.82. The Kier molecular flexibility index (Phi) is 8.68. The molecule has 0 saturated carbocycles. The van der Waals surface area contributed by atoms with Crippen molar-refractivity contribution in [1.29, 1.82) is 0 Å². The van der Waals surface area contributed by atoms with Gasteiger partial charge in [0, 0.05) is 30.6 Å². The Morgan fingerprint density at radius 3 is 1.31 bits per heavy atom. The van der Waals surface area contributed by atoms with Crippen LogP contribution < -0.4 is 0 Å². The summed E-state index contributed by atoms with van der Waals surface area (Å²) in [6, 6.07) is 36.1. The first-order chi connectivity index (χ1) is 22.0. The number of hydrogen-bond donors (Lipinski definition) is 0. The molecule has 0 aliphatic rings. The van der Waals surface area contributed by atoms with Gasteiger partial charge in [-0.05, 0) is 82.0 Å². The van der Waals surface area contributed by atoms with E-state index in [4.69, 9.17) is 8.75 Å². The number of benzene rings is 4. The van der Waals surface area contributed by atoms with Gasteiger partial charge in [0.25, 0.3) is 0 Å². The van der Waals surface area contributed by atoms with Gasteiger partial charge in [0.1, 0.15) is 11.0 Å². The van der Waals surface area contributed by atoms with Crippen LogP contribution in [0.15, 0.2) is 97.1 Å². The van der Waals surface area contributed by atoms with Gasteiger partial charge in [-0.2, -0.15) is 8.75 Å². The molecule has 4 aromatic carbocycles. The topological polar surface area (TPSA) is 25.8 Å². The van der Waals surface area contributed by atoms with E-state index >= 15 is 0 Å². The monoisotopic (exact) mass is 642 g/mol. The van der Waals surface area contributed by atoms with Gasteiger partial charge in [-0.25, -0.2) is 0 Å². The molecule has 226 valence electrons. The Hall–Kier alpha value is -3.64. The van der Waals surface area contributed by atoms with Crippen molar-refractivity contribution < 1.29 is 0 Å². The predicted octanol–water partition coefficient (Wildman–Crippen LogP) is 12.8. The highest BCUT2D eigenvalue weighted by molar-refractivity contribution is 7.19. The molecule has 5 heteroatoms. The molecule has 3 heterocycles. The molecule has 0 amide bonds. The quantitative estimate of drug-likeness (QED) is 0.148. The zero-order chi connectivity index (χ0) is 30.9. The molecule has 0 spiro atoms. The fraction of sp³-hybridized carbons (Fsp3) is 0.250. The van der Waals surface area contributed by atoms with Gasteiger partial charge in [-0.1, -0.05) is 113 Å². The summed E-state index contributed by atoms with van der Waals surface area (Å²) >= 11 is 5.00. The second-order valence-electron chi connectivity index (χ2n) is 12.4. The van der Waals surface area contributed by atoms with Crippen LogP contribution in [0.1, 0.15) is 51.7 Å². The van der Waals surface area contributed by atoms with Crippen LogP contribution in [-0.4, -0.2) is 8.75 Å². The lowest BCUT2D eigenvalue weighted by molar-refractivity contribution is 0.560. The Morgan fingerprint density at radius 2 is 0.911 bits per heavy atom. The number of thiophene rings is 2. The van der Waals surface area contributed by atoms with Crippen LogP contribution >= 0.6 is 34.4 Å². The van der Waals surface area contributed by atoms with E-state index in [1.807, 2.05) is 22.7 Å². The third-order valence-electron chi connectivity index (χ3n) is 9.17. The summed E-state index contributed by atoms with van der Waals surface area (Å²) in [7, 11) is 0. The lowest BCUT2D eigenvalue weighted by atomic mass is 9.95. The third kappa shape index (κ3) is 6.02. The highest BCUT2D eigenvalue weighted by Gasteiger charge is 2.22. The van der Waals surface area contributed by atoms with Gasteiger partial charge < -0.3 is 0 Å². The summed E-state index contributed by atoms with van der Waals surface area (Å²) in [4.78, 5) is 5.03. The van der Waals surface area contributed by atoms with Crippen LogP contribution in [-0.2, 0) is 12.8 Å². The van der Waals surface area contributed by atoms with Crippen molar-refractivity contribution in [2.45, 2.75) is 53.4 Å². The molecule has 0 aliphatic heterocycles. The number of rotatable bonds is 10. The molecule has 7 aromatic rings. The number of aromatic nitrogens is 2. The molecule has 3 aromatic heterocycles. The maximum absolute atomic E-state index is 4.91. The molecule has 0 aliphatic carbocycles. The van der Waals surface area contributed by atoms with Gasteiger partial charge in [0.2, 0.25) is 0 Å². The minimum atomic E-state index is 0.709. The second-order valence-corrected chi connectivity index (χ2v) is 15.1. The van der Waals surface area contributed by atoms with Crippen LogP contribution in [0.2, 0.25) is 0 Å². The van der Waals surface area contributed by atoms with Gasteiger partial charge in [0.15, 0.2) is 0 Å². The molecule has 0 fully saturated rings. The molecule has 7 rings (SSSR count). The minimum absolute atomic E-state index is 0.709. The zero-order valence-electron chi connectivity index (χ0n) is 26.3. The van der Waals surface area contributed by atoms with E-state index in [0.717, 1.165) is 23.9 Å². The zero-order valence-corrected chi connectivity index (χ0v) is 28.8. The average molecular weight is 643 g/mol. The maximum atomic E-state index is 4.91. The number of fused-ring (bicyclic) bond motifs is 2. The smallest absolute Gasteiger partial charge is 0.114 e. The Balaban J connectivity index is 1.26. The Labute approximate surface area is 278 Å². The summed E-state index contributed by atoms with van der Waals surface area (Å²) in [5.41, 5.74) is 9.74. The first-order valence-corrected chi connectivity index (χ1v) is 18.4. The van der Waals surface area contributed by atoms with Crippen molar-refractivity contribution >= 4 is 56.2 Å². The molecule has 0 radical (unpaired) electrons. The molecule has 2 unspecified atom stereocenters. The van der Waals surface area contributed by atoms with E-state index < -0.39 is 0 Å². The summed E-state index contributed by atoms with van der Waals surface area (Å²) in [5.74, 6) is 1.42. The molecule has 0 bridgehead atoms. The fourth-order valence-corrected chi connectivity index (χ4v) is 8.85. The van der Waals surface area contributed by atoms with E-state index in [1.165, 1.54) is 88.2 Å². The molecule has 2 nitrogen and oxygen atoms in total. The number of nitrogens with zero attached hydrogens (tertiary/aromatic N) is 2. The molecule has 2 atom stereocenters. The molecule has 0 saturated heterocycles. The van der Waals surface area contributed by atoms with Crippen molar-refractivity contribution in [2.24, 2.45) is 11.8 Å². The molecule has 0 N–H and O–H groups in total. The average Bonchev–Trinajstić information content (AvgIpc) is 3.86. The highest BCUT2D eigenvalue weighted by atomic mass is 32.1. The van der Waals surface area contributed by atoms with Crippen LogP contribution in [0.3, 0.4) is 0 Å². The minimum Gasteiger partial charge on any atom is -0.172 e. The van der Waals surface area contributed by atoms with E-state index in [9.17, 15) is 0 Å². The largest absolute Gasteiger partial charge is 0.172 e. The lowest BCUT2D eigenvalue weighted by Crippen LogP contribution is -1.97. The van der Waals surface area contributed by atoms with Crippen LogP contribution in [0, 0.1) is 11.8 Å². The molecule has 45 heavy (non-hydrogen) atoms. The van der Waals surface area contributed by atoms with Crippen LogP contribution in [0.4, 0.5) is 0 Å². The van der Waals surface area contributed by atoms with Gasteiger partial charge in [0.05, 0.1) is 11.7 Å². The van der Waals surface area contributed by atoms with Crippen LogP contribution in [0.5, 0.6) is 0 Å². The van der Waals surface area contributed by atoms with Crippen molar-refractivity contribution in [3.05, 3.63) is 108 Å². The number of hydrogen-bond acceptors (Lipinski definition) is 5. The van der Waals surface area contributed by atoms with E-state index in [1.54, 1.807) is 0 Å². The van der Waals surface area contributed by atoms with E-state index in [2.05, 4.69) is 125 Å². The van der Waals surface area contributed by atoms with Crippen molar-refractivity contribution in [3.8, 4) is 41.8 Å². The maximum Gasteiger partial charge on any atom is 0.114 e. The highest BCUT2D eigenvalue weighted by Crippen LogP contribution is 2.47. The third-order valence-corrected chi connectivity index (χ3v) is 12.0.